The summed E-state index contributed by atoms with van der Waals surface area (Å²) in [7, 11) is 0. The highest BCUT2D eigenvalue weighted by Crippen LogP contribution is 2.05. The molecule has 0 bridgehead atoms. The molecule has 68 valence electrons. The second-order valence-electron chi connectivity index (χ2n) is 2.25. The van der Waals surface area contributed by atoms with Gasteiger partial charge in [0.25, 0.3) is 0 Å². The first-order valence-corrected chi connectivity index (χ1v) is 4.67. The molecule has 0 unspecified atom stereocenters. The molecular formula is C10H18N2. The number of nitrogens with zero attached hydrogens (tertiary/aromatic N) is 2. The van der Waals surface area contributed by atoms with E-state index < -0.39 is 0 Å². The van der Waals surface area contributed by atoms with Gasteiger partial charge in [-0.1, -0.05) is 27.7 Å². The maximum absolute atomic E-state index is 3.81. The van der Waals surface area contributed by atoms with Gasteiger partial charge in [0.05, 0.1) is 12.4 Å². The lowest BCUT2D eigenvalue weighted by Gasteiger charge is -2.00. The van der Waals surface area contributed by atoms with Crippen LogP contribution in [0.1, 0.15) is 38.8 Å². The van der Waals surface area contributed by atoms with Gasteiger partial charge in [-0.2, -0.15) is 10.2 Å². The molecule has 1 aromatic heterocycles. The van der Waals surface area contributed by atoms with Crippen LogP contribution < -0.4 is 0 Å². The van der Waals surface area contributed by atoms with Crippen LogP contribution in [0.15, 0.2) is 12.4 Å². The molecule has 0 spiro atoms. The predicted octanol–water partition coefficient (Wildman–Crippen LogP) is 2.63. The van der Waals surface area contributed by atoms with Crippen LogP contribution in [0.4, 0.5) is 0 Å². The van der Waals surface area contributed by atoms with Crippen LogP contribution in [0.2, 0.25) is 0 Å². The molecule has 0 aliphatic rings. The summed E-state index contributed by atoms with van der Waals surface area (Å²) in [4.78, 5) is 0. The fraction of sp³-hybridized carbons (Fsp3) is 0.600. The standard InChI is InChI=1S/C8H12N2.C2H6/c1-3-7-5-9-10-6-8(7)4-2;1-2/h5-6H,3-4H2,1-2H3;1-2H3. The van der Waals surface area contributed by atoms with E-state index in [0.29, 0.717) is 0 Å². The Morgan fingerprint density at radius 1 is 0.917 bits per heavy atom. The second-order valence-corrected chi connectivity index (χ2v) is 2.25. The minimum absolute atomic E-state index is 1.05. The molecule has 2 heteroatoms. The minimum atomic E-state index is 1.05. The third-order valence-corrected chi connectivity index (χ3v) is 1.67. The average Bonchev–Trinajstić information content (AvgIpc) is 2.20. The molecule has 12 heavy (non-hydrogen) atoms. The van der Waals surface area contributed by atoms with Gasteiger partial charge in [0.1, 0.15) is 0 Å². The molecule has 1 heterocycles. The summed E-state index contributed by atoms with van der Waals surface area (Å²) in [5.74, 6) is 0. The van der Waals surface area contributed by atoms with E-state index in [-0.39, 0.29) is 0 Å². The summed E-state index contributed by atoms with van der Waals surface area (Å²) in [6.07, 6.45) is 5.80. The SMILES string of the molecule is CC.CCc1cnncc1CC. The van der Waals surface area contributed by atoms with Gasteiger partial charge in [-0.3, -0.25) is 0 Å². The lowest BCUT2D eigenvalue weighted by Crippen LogP contribution is -1.93. The zero-order valence-electron chi connectivity index (χ0n) is 8.46. The van der Waals surface area contributed by atoms with Gasteiger partial charge in [-0.25, -0.2) is 0 Å². The largest absolute Gasteiger partial charge is 0.159 e. The molecule has 1 rings (SSSR count). The lowest BCUT2D eigenvalue weighted by atomic mass is 10.1. The van der Waals surface area contributed by atoms with Crippen LogP contribution in [-0.2, 0) is 12.8 Å². The molecule has 0 radical (unpaired) electrons. The van der Waals surface area contributed by atoms with Crippen molar-refractivity contribution in [1.82, 2.24) is 10.2 Å². The van der Waals surface area contributed by atoms with Crippen molar-refractivity contribution in [2.45, 2.75) is 40.5 Å². The van der Waals surface area contributed by atoms with Crippen LogP contribution in [-0.4, -0.2) is 10.2 Å². The molecule has 0 fully saturated rings. The Morgan fingerprint density at radius 2 is 1.25 bits per heavy atom. The van der Waals surface area contributed by atoms with Crippen molar-refractivity contribution >= 4 is 0 Å². The normalized spacial score (nSPS) is 8.67. The van der Waals surface area contributed by atoms with Crippen molar-refractivity contribution in [1.29, 1.82) is 0 Å². The van der Waals surface area contributed by atoms with Gasteiger partial charge in [-0.15, -0.1) is 0 Å². The number of hydrogen-bond donors (Lipinski definition) is 0. The zero-order chi connectivity index (χ0) is 9.40. The van der Waals surface area contributed by atoms with Crippen molar-refractivity contribution in [3.63, 3.8) is 0 Å². The van der Waals surface area contributed by atoms with Gasteiger partial charge in [0.2, 0.25) is 0 Å². The molecule has 0 aromatic carbocycles. The number of hydrogen-bond acceptors (Lipinski definition) is 2. The Morgan fingerprint density at radius 3 is 1.50 bits per heavy atom. The Hall–Kier alpha value is -0.920. The third kappa shape index (κ3) is 2.99. The first-order chi connectivity index (χ1) is 5.88. The summed E-state index contributed by atoms with van der Waals surface area (Å²) in [5, 5.41) is 7.63. The Balaban J connectivity index is 0.000000561. The summed E-state index contributed by atoms with van der Waals surface area (Å²) < 4.78 is 0. The van der Waals surface area contributed by atoms with E-state index in [2.05, 4.69) is 24.0 Å². The summed E-state index contributed by atoms with van der Waals surface area (Å²) in [5.41, 5.74) is 2.63. The first-order valence-electron chi connectivity index (χ1n) is 4.67. The van der Waals surface area contributed by atoms with E-state index in [0.717, 1.165) is 12.8 Å². The summed E-state index contributed by atoms with van der Waals surface area (Å²) in [6.45, 7) is 8.27. The molecule has 0 atom stereocenters. The van der Waals surface area contributed by atoms with E-state index in [1.807, 2.05) is 26.2 Å². The van der Waals surface area contributed by atoms with E-state index in [1.54, 1.807) is 0 Å². The third-order valence-electron chi connectivity index (χ3n) is 1.67. The van der Waals surface area contributed by atoms with Crippen LogP contribution in [0.3, 0.4) is 0 Å². The maximum Gasteiger partial charge on any atom is 0.0530 e. The highest BCUT2D eigenvalue weighted by Gasteiger charge is 1.96. The predicted molar refractivity (Wildman–Crippen MR) is 52.1 cm³/mol. The molecule has 0 saturated heterocycles. The van der Waals surface area contributed by atoms with Crippen molar-refractivity contribution < 1.29 is 0 Å². The molecule has 0 aliphatic carbocycles. The fourth-order valence-corrected chi connectivity index (χ4v) is 1.01. The van der Waals surface area contributed by atoms with E-state index in [9.17, 15) is 0 Å². The number of rotatable bonds is 2. The first kappa shape index (κ1) is 11.1. The average molecular weight is 166 g/mol. The molecule has 2 nitrogen and oxygen atoms in total. The second kappa shape index (κ2) is 6.77. The van der Waals surface area contributed by atoms with Crippen molar-refractivity contribution in [3.8, 4) is 0 Å². The molecule has 0 N–H and O–H groups in total. The van der Waals surface area contributed by atoms with Crippen LogP contribution in [0.5, 0.6) is 0 Å². The van der Waals surface area contributed by atoms with Crippen LogP contribution >= 0.6 is 0 Å². The Bertz CT molecular complexity index is 186. The summed E-state index contributed by atoms with van der Waals surface area (Å²) in [6, 6.07) is 0. The quantitative estimate of drug-likeness (QED) is 0.675. The monoisotopic (exact) mass is 166 g/mol. The van der Waals surface area contributed by atoms with Gasteiger partial charge in [-0.05, 0) is 24.0 Å². The molecular weight excluding hydrogens is 148 g/mol. The summed E-state index contributed by atoms with van der Waals surface area (Å²) >= 11 is 0. The van der Waals surface area contributed by atoms with Gasteiger partial charge in [0, 0.05) is 0 Å². The molecule has 0 saturated carbocycles. The highest BCUT2D eigenvalue weighted by atomic mass is 15.1. The fourth-order valence-electron chi connectivity index (χ4n) is 1.01. The highest BCUT2D eigenvalue weighted by molar-refractivity contribution is 5.19. The topological polar surface area (TPSA) is 25.8 Å². The molecule has 0 amide bonds. The zero-order valence-corrected chi connectivity index (χ0v) is 8.46. The van der Waals surface area contributed by atoms with Gasteiger partial charge >= 0.3 is 0 Å². The van der Waals surface area contributed by atoms with Crippen LogP contribution in [0.25, 0.3) is 0 Å². The van der Waals surface area contributed by atoms with E-state index in [1.165, 1.54) is 11.1 Å². The van der Waals surface area contributed by atoms with E-state index in [4.69, 9.17) is 0 Å². The van der Waals surface area contributed by atoms with Crippen molar-refractivity contribution in [3.05, 3.63) is 23.5 Å². The van der Waals surface area contributed by atoms with Crippen LogP contribution in [0, 0.1) is 0 Å². The lowest BCUT2D eigenvalue weighted by molar-refractivity contribution is 0.928. The van der Waals surface area contributed by atoms with Gasteiger partial charge in [0.15, 0.2) is 0 Å². The minimum Gasteiger partial charge on any atom is -0.159 e. The maximum atomic E-state index is 3.81. The van der Waals surface area contributed by atoms with Gasteiger partial charge < -0.3 is 0 Å². The van der Waals surface area contributed by atoms with Crippen molar-refractivity contribution in [2.75, 3.05) is 0 Å². The molecule has 0 aliphatic heterocycles. The number of aromatic nitrogens is 2. The molecule has 1 aromatic rings. The van der Waals surface area contributed by atoms with Crippen molar-refractivity contribution in [2.24, 2.45) is 0 Å². The number of aryl methyl sites for hydroxylation is 2. The Kier molecular flexibility index (Phi) is 6.25. The van der Waals surface area contributed by atoms with E-state index >= 15 is 0 Å². The Labute approximate surface area is 75.0 Å². The smallest absolute Gasteiger partial charge is 0.0530 e.